The van der Waals surface area contributed by atoms with Crippen LogP contribution in [0.2, 0.25) is 0 Å². The molecule has 1 unspecified atom stereocenters. The summed E-state index contributed by atoms with van der Waals surface area (Å²) in [6, 6.07) is 2.64. The topological polar surface area (TPSA) is 24.9 Å². The molecule has 1 N–H and O–H groups in total. The molecule has 20 heavy (non-hydrogen) atoms. The average molecular weight is 371 g/mol. The van der Waals surface area contributed by atoms with E-state index in [4.69, 9.17) is 4.98 Å². The molecule has 108 valence electrons. The molecule has 1 atom stereocenters. The van der Waals surface area contributed by atoms with Crippen molar-refractivity contribution in [2.45, 2.75) is 39.7 Å². The lowest BCUT2D eigenvalue weighted by molar-refractivity contribution is 0.260. The SMILES string of the molecule is CCNC1CC(C)(C)Cc2nc(-c3cc(Br)cs3)sc21. The molecule has 0 saturated carbocycles. The zero-order chi connectivity index (χ0) is 14.3. The van der Waals surface area contributed by atoms with Crippen LogP contribution in [0.15, 0.2) is 15.9 Å². The molecule has 2 aromatic rings. The van der Waals surface area contributed by atoms with Crippen LogP contribution in [0.25, 0.3) is 9.88 Å². The molecule has 2 nitrogen and oxygen atoms in total. The van der Waals surface area contributed by atoms with Crippen LogP contribution in [-0.4, -0.2) is 11.5 Å². The summed E-state index contributed by atoms with van der Waals surface area (Å²) in [4.78, 5) is 7.65. The van der Waals surface area contributed by atoms with E-state index in [-0.39, 0.29) is 0 Å². The number of thiazole rings is 1. The minimum Gasteiger partial charge on any atom is -0.309 e. The van der Waals surface area contributed by atoms with E-state index in [1.807, 2.05) is 11.3 Å². The lowest BCUT2D eigenvalue weighted by Crippen LogP contribution is -2.32. The van der Waals surface area contributed by atoms with Crippen molar-refractivity contribution in [2.24, 2.45) is 5.41 Å². The van der Waals surface area contributed by atoms with E-state index in [0.29, 0.717) is 11.5 Å². The third kappa shape index (κ3) is 2.86. The number of nitrogens with zero attached hydrogens (tertiary/aromatic N) is 1. The molecule has 0 saturated heterocycles. The first-order valence-electron chi connectivity index (χ1n) is 6.96. The van der Waals surface area contributed by atoms with Gasteiger partial charge in [-0.1, -0.05) is 20.8 Å². The third-order valence-electron chi connectivity index (χ3n) is 3.68. The Kier molecular flexibility index (Phi) is 4.06. The summed E-state index contributed by atoms with van der Waals surface area (Å²) in [5.74, 6) is 0. The first-order valence-corrected chi connectivity index (χ1v) is 9.45. The van der Waals surface area contributed by atoms with Gasteiger partial charge in [0, 0.05) is 20.8 Å². The van der Waals surface area contributed by atoms with E-state index in [1.165, 1.54) is 26.9 Å². The first kappa shape index (κ1) is 14.7. The molecular formula is C15H19BrN2S2. The normalized spacial score (nSPS) is 20.9. The number of aromatic nitrogens is 1. The number of nitrogens with one attached hydrogen (secondary N) is 1. The highest BCUT2D eigenvalue weighted by atomic mass is 79.9. The van der Waals surface area contributed by atoms with Gasteiger partial charge in [-0.2, -0.15) is 0 Å². The van der Waals surface area contributed by atoms with Gasteiger partial charge >= 0.3 is 0 Å². The summed E-state index contributed by atoms with van der Waals surface area (Å²) in [6.07, 6.45) is 2.29. The van der Waals surface area contributed by atoms with Crippen LogP contribution in [0.5, 0.6) is 0 Å². The van der Waals surface area contributed by atoms with Crippen molar-refractivity contribution in [3.8, 4) is 9.88 Å². The molecule has 0 bridgehead atoms. The van der Waals surface area contributed by atoms with Crippen molar-refractivity contribution in [3.63, 3.8) is 0 Å². The summed E-state index contributed by atoms with van der Waals surface area (Å²) in [6.45, 7) is 7.89. The smallest absolute Gasteiger partial charge is 0.133 e. The summed E-state index contributed by atoms with van der Waals surface area (Å²) in [7, 11) is 0. The predicted octanol–water partition coefficient (Wildman–Crippen LogP) is 5.26. The monoisotopic (exact) mass is 370 g/mol. The standard InChI is InChI=1S/C15H19BrN2S2/c1-4-17-10-6-15(2,3)7-11-13(10)20-14(18-11)12-5-9(16)8-19-12/h5,8,10,17H,4,6-7H2,1-3H3. The Morgan fingerprint density at radius 1 is 1.50 bits per heavy atom. The van der Waals surface area contributed by atoms with Gasteiger partial charge in [0.1, 0.15) is 5.01 Å². The lowest BCUT2D eigenvalue weighted by Gasteiger charge is -2.34. The van der Waals surface area contributed by atoms with Crippen LogP contribution in [0.4, 0.5) is 0 Å². The van der Waals surface area contributed by atoms with Gasteiger partial charge in [0.15, 0.2) is 0 Å². The summed E-state index contributed by atoms with van der Waals surface area (Å²) >= 11 is 7.16. The number of thiophene rings is 1. The highest BCUT2D eigenvalue weighted by Gasteiger charge is 2.34. The van der Waals surface area contributed by atoms with Gasteiger partial charge in [-0.25, -0.2) is 4.98 Å². The predicted molar refractivity (Wildman–Crippen MR) is 91.6 cm³/mol. The number of fused-ring (bicyclic) bond motifs is 1. The van der Waals surface area contributed by atoms with E-state index < -0.39 is 0 Å². The van der Waals surface area contributed by atoms with Crippen LogP contribution in [0, 0.1) is 5.41 Å². The number of hydrogen-bond acceptors (Lipinski definition) is 4. The van der Waals surface area contributed by atoms with Crippen LogP contribution in [-0.2, 0) is 6.42 Å². The van der Waals surface area contributed by atoms with Crippen molar-refractivity contribution in [1.82, 2.24) is 10.3 Å². The summed E-state index contributed by atoms with van der Waals surface area (Å²) in [5, 5.41) is 6.93. The van der Waals surface area contributed by atoms with Crippen LogP contribution in [0.1, 0.15) is 43.8 Å². The molecule has 5 heteroatoms. The molecule has 0 spiro atoms. The van der Waals surface area contributed by atoms with Crippen molar-refractivity contribution in [2.75, 3.05) is 6.54 Å². The summed E-state index contributed by atoms with van der Waals surface area (Å²) in [5.41, 5.74) is 1.64. The van der Waals surface area contributed by atoms with Crippen molar-refractivity contribution < 1.29 is 0 Å². The Hall–Kier alpha value is -0.230. The fraction of sp³-hybridized carbons (Fsp3) is 0.533. The van der Waals surface area contributed by atoms with Gasteiger partial charge in [0.05, 0.1) is 10.6 Å². The quantitative estimate of drug-likeness (QED) is 0.796. The summed E-state index contributed by atoms with van der Waals surface area (Å²) < 4.78 is 1.15. The second kappa shape index (κ2) is 5.52. The van der Waals surface area contributed by atoms with E-state index >= 15 is 0 Å². The maximum absolute atomic E-state index is 4.93. The fourth-order valence-corrected chi connectivity index (χ4v) is 5.52. The van der Waals surface area contributed by atoms with Crippen LogP contribution in [0.3, 0.4) is 0 Å². The second-order valence-corrected chi connectivity index (χ2v) is 8.97. The van der Waals surface area contributed by atoms with Crippen molar-refractivity contribution in [3.05, 3.63) is 26.5 Å². The highest BCUT2D eigenvalue weighted by Crippen LogP contribution is 2.45. The molecule has 3 rings (SSSR count). The molecule has 0 radical (unpaired) electrons. The van der Waals surface area contributed by atoms with Gasteiger partial charge in [0.25, 0.3) is 0 Å². The van der Waals surface area contributed by atoms with Crippen molar-refractivity contribution >= 4 is 38.6 Å². The average Bonchev–Trinajstić information content (AvgIpc) is 2.94. The van der Waals surface area contributed by atoms with Gasteiger partial charge < -0.3 is 5.32 Å². The molecule has 2 aromatic heterocycles. The zero-order valence-corrected chi connectivity index (χ0v) is 15.2. The van der Waals surface area contributed by atoms with E-state index in [2.05, 4.69) is 53.5 Å². The Morgan fingerprint density at radius 3 is 2.95 bits per heavy atom. The lowest BCUT2D eigenvalue weighted by atomic mass is 9.76. The second-order valence-electron chi connectivity index (χ2n) is 6.11. The Bertz CT molecular complexity index is 615. The molecule has 2 heterocycles. The number of halogens is 1. The van der Waals surface area contributed by atoms with Crippen LogP contribution < -0.4 is 5.32 Å². The molecule has 0 aliphatic heterocycles. The molecule has 0 fully saturated rings. The molecule has 0 aromatic carbocycles. The molecule has 1 aliphatic rings. The molecular weight excluding hydrogens is 352 g/mol. The Labute approximate surface area is 136 Å². The first-order chi connectivity index (χ1) is 9.48. The zero-order valence-electron chi connectivity index (χ0n) is 12.0. The van der Waals surface area contributed by atoms with Gasteiger partial charge in [-0.3, -0.25) is 0 Å². The van der Waals surface area contributed by atoms with Crippen LogP contribution >= 0.6 is 38.6 Å². The maximum atomic E-state index is 4.93. The van der Waals surface area contributed by atoms with Crippen molar-refractivity contribution in [1.29, 1.82) is 0 Å². The van der Waals surface area contributed by atoms with Gasteiger partial charge in [-0.05, 0) is 46.8 Å². The Balaban J connectivity index is 1.99. The fourth-order valence-electron chi connectivity index (χ4n) is 2.88. The molecule has 1 aliphatic carbocycles. The number of rotatable bonds is 3. The van der Waals surface area contributed by atoms with Gasteiger partial charge in [0.2, 0.25) is 0 Å². The van der Waals surface area contributed by atoms with E-state index in [0.717, 1.165) is 17.4 Å². The van der Waals surface area contributed by atoms with E-state index in [9.17, 15) is 0 Å². The Morgan fingerprint density at radius 2 is 2.30 bits per heavy atom. The highest BCUT2D eigenvalue weighted by molar-refractivity contribution is 9.10. The minimum atomic E-state index is 0.335. The van der Waals surface area contributed by atoms with E-state index in [1.54, 1.807) is 11.3 Å². The van der Waals surface area contributed by atoms with Gasteiger partial charge in [-0.15, -0.1) is 22.7 Å². The number of hydrogen-bond donors (Lipinski definition) is 1. The molecule has 0 amide bonds. The third-order valence-corrected chi connectivity index (χ3v) is 6.75. The largest absolute Gasteiger partial charge is 0.309 e. The minimum absolute atomic E-state index is 0.335. The maximum Gasteiger partial charge on any atom is 0.133 e.